The molecule has 5 rings (SSSR count). The summed E-state index contributed by atoms with van der Waals surface area (Å²) in [6, 6.07) is 6.77. The number of amides is 3. The molecule has 4 unspecified atom stereocenters. The van der Waals surface area contributed by atoms with E-state index in [2.05, 4.69) is 21.6 Å². The fraction of sp³-hybridized carbons (Fsp3) is 0.517. The molecule has 1 saturated heterocycles. The first-order valence-electron chi connectivity index (χ1n) is 13.7. The fourth-order valence-electron chi connectivity index (χ4n) is 5.18. The maximum Gasteiger partial charge on any atom is 0.411 e. The minimum atomic E-state index is -3.82. The Morgan fingerprint density at radius 3 is 2.56 bits per heavy atom. The van der Waals surface area contributed by atoms with E-state index in [9.17, 15) is 22.8 Å². The molecule has 4 atom stereocenters. The molecular weight excluding hydrogens is 548 g/mol. The van der Waals surface area contributed by atoms with Crippen molar-refractivity contribution in [2.75, 3.05) is 6.54 Å². The number of carbonyl (C=O) groups is 3. The monoisotopic (exact) mass is 584 g/mol. The number of carbonyl (C=O) groups excluding carboxylic acids is 3. The molecule has 3 amide bonds. The van der Waals surface area contributed by atoms with E-state index in [-0.39, 0.29) is 19.4 Å². The maximum atomic E-state index is 13.7. The van der Waals surface area contributed by atoms with Gasteiger partial charge in [-0.3, -0.25) is 19.2 Å². The maximum absolute atomic E-state index is 13.7. The predicted octanol–water partition coefficient (Wildman–Crippen LogP) is 2.97. The lowest BCUT2D eigenvalue weighted by molar-refractivity contribution is -0.131. The van der Waals surface area contributed by atoms with Crippen LogP contribution < -0.4 is 14.8 Å². The summed E-state index contributed by atoms with van der Waals surface area (Å²) in [7, 11) is -3.82. The van der Waals surface area contributed by atoms with E-state index in [4.69, 9.17) is 9.47 Å². The van der Waals surface area contributed by atoms with Gasteiger partial charge in [0.15, 0.2) is 0 Å². The number of benzene rings is 1. The Morgan fingerprint density at radius 1 is 1.20 bits per heavy atom. The van der Waals surface area contributed by atoms with Crippen molar-refractivity contribution in [3.8, 4) is 5.88 Å². The summed E-state index contributed by atoms with van der Waals surface area (Å²) in [6.45, 7) is 10.9. The molecule has 2 N–H and O–H groups in total. The first-order chi connectivity index (χ1) is 19.2. The minimum absolute atomic E-state index is 0.0526. The lowest BCUT2D eigenvalue weighted by atomic mass is 10.1. The molecular formula is C29H36N4O7S. The van der Waals surface area contributed by atoms with Crippen LogP contribution in [0.3, 0.4) is 0 Å². The quantitative estimate of drug-likeness (QED) is 0.451. The molecule has 3 aliphatic rings. The summed E-state index contributed by atoms with van der Waals surface area (Å²) in [4.78, 5) is 45.8. The summed E-state index contributed by atoms with van der Waals surface area (Å²) < 4.78 is 38.9. The van der Waals surface area contributed by atoms with E-state index in [0.29, 0.717) is 18.7 Å². The second kappa shape index (κ2) is 10.3. The lowest BCUT2D eigenvalue weighted by Gasteiger charge is -2.29. The molecule has 0 bridgehead atoms. The highest BCUT2D eigenvalue weighted by Gasteiger charge is 2.62. The molecule has 1 aromatic heterocycles. The average Bonchev–Trinajstić information content (AvgIpc) is 3.80. The van der Waals surface area contributed by atoms with Gasteiger partial charge in [-0.2, -0.15) is 0 Å². The molecule has 2 aliphatic carbocycles. The largest absolute Gasteiger partial charge is 0.472 e. The third kappa shape index (κ3) is 6.02. The zero-order valence-electron chi connectivity index (χ0n) is 23.7. The average molecular weight is 585 g/mol. The van der Waals surface area contributed by atoms with Crippen LogP contribution in [0.2, 0.25) is 0 Å². The molecule has 0 spiro atoms. The third-order valence-electron chi connectivity index (χ3n) is 7.61. The normalized spacial score (nSPS) is 25.9. The van der Waals surface area contributed by atoms with Crippen LogP contribution in [0.1, 0.15) is 52.0 Å². The van der Waals surface area contributed by atoms with Crippen LogP contribution >= 0.6 is 0 Å². The number of ether oxygens (including phenoxy) is 2. The number of rotatable bonds is 8. The van der Waals surface area contributed by atoms with Crippen molar-refractivity contribution < 1.29 is 32.3 Å². The highest BCUT2D eigenvalue weighted by molar-refractivity contribution is 7.91. The van der Waals surface area contributed by atoms with E-state index < -0.39 is 62.4 Å². The van der Waals surface area contributed by atoms with Crippen LogP contribution in [-0.4, -0.2) is 71.3 Å². The summed E-state index contributed by atoms with van der Waals surface area (Å²) >= 11 is 0. The molecule has 2 aromatic rings. The van der Waals surface area contributed by atoms with E-state index in [0.717, 1.165) is 16.3 Å². The molecule has 1 aliphatic heterocycles. The molecule has 1 aromatic carbocycles. The van der Waals surface area contributed by atoms with Gasteiger partial charge in [-0.15, -0.1) is 6.58 Å². The lowest BCUT2D eigenvalue weighted by Crippen LogP contribution is -2.56. The van der Waals surface area contributed by atoms with Gasteiger partial charge in [0.25, 0.3) is 5.91 Å². The topological polar surface area (TPSA) is 144 Å². The minimum Gasteiger partial charge on any atom is -0.472 e. The number of likely N-dealkylation sites (tertiary alicyclic amines) is 1. The molecule has 11 nitrogen and oxygen atoms in total. The SMILES string of the molecule is C=CC1CC1(NC(=O)C1CC(Oc2nccc3ccc(C)cc23)CN1C(=O)OC(C)(C)C)C(=O)NS(=O)(=O)C1CC1. The Balaban J connectivity index is 1.38. The van der Waals surface area contributed by atoms with Crippen molar-refractivity contribution in [3.05, 3.63) is 48.7 Å². The van der Waals surface area contributed by atoms with E-state index in [1.54, 1.807) is 27.0 Å². The smallest absolute Gasteiger partial charge is 0.411 e. The van der Waals surface area contributed by atoms with Crippen LogP contribution in [-0.2, 0) is 24.3 Å². The van der Waals surface area contributed by atoms with Gasteiger partial charge in [-0.25, -0.2) is 18.2 Å². The Labute approximate surface area is 239 Å². The van der Waals surface area contributed by atoms with Crippen LogP contribution in [0.15, 0.2) is 43.1 Å². The number of aromatic nitrogens is 1. The molecule has 41 heavy (non-hydrogen) atoms. The molecule has 2 heterocycles. The van der Waals surface area contributed by atoms with Gasteiger partial charge in [-0.1, -0.05) is 23.8 Å². The second-order valence-corrected chi connectivity index (χ2v) is 14.1. The van der Waals surface area contributed by atoms with Crippen molar-refractivity contribution in [1.29, 1.82) is 0 Å². The highest BCUT2D eigenvalue weighted by atomic mass is 32.2. The van der Waals surface area contributed by atoms with E-state index in [1.165, 1.54) is 11.0 Å². The standard InChI is InChI=1S/C29H36N4O7S/c1-6-19-15-29(19,26(35)32-41(37,38)21-9-10-21)31-24(34)23-14-20(16-33(23)27(36)40-28(3,4)5)39-25-22-13-17(2)7-8-18(22)11-12-30-25/h6-8,11-13,19-21,23H,1,9-10,14-16H2,2-5H3,(H,31,34)(H,32,35). The van der Waals surface area contributed by atoms with Gasteiger partial charge in [-0.05, 0) is 64.5 Å². The van der Waals surface area contributed by atoms with Crippen molar-refractivity contribution in [1.82, 2.24) is 19.9 Å². The zero-order valence-corrected chi connectivity index (χ0v) is 24.5. The van der Waals surface area contributed by atoms with Crippen molar-refractivity contribution in [2.24, 2.45) is 5.92 Å². The summed E-state index contributed by atoms with van der Waals surface area (Å²) in [6.07, 6.45) is 3.17. The Morgan fingerprint density at radius 2 is 1.93 bits per heavy atom. The number of hydrogen-bond acceptors (Lipinski definition) is 8. The first-order valence-corrected chi connectivity index (χ1v) is 15.3. The molecule has 2 saturated carbocycles. The van der Waals surface area contributed by atoms with Gasteiger partial charge in [0.2, 0.25) is 21.8 Å². The van der Waals surface area contributed by atoms with Crippen LogP contribution in [0, 0.1) is 12.8 Å². The van der Waals surface area contributed by atoms with Crippen molar-refractivity contribution >= 4 is 38.7 Å². The molecule has 3 fully saturated rings. The van der Waals surface area contributed by atoms with Crippen molar-refractivity contribution in [2.45, 2.75) is 81.9 Å². The fourth-order valence-corrected chi connectivity index (χ4v) is 6.54. The third-order valence-corrected chi connectivity index (χ3v) is 9.42. The number of pyridine rings is 1. The van der Waals surface area contributed by atoms with Crippen LogP contribution in [0.4, 0.5) is 4.79 Å². The number of nitrogens with one attached hydrogen (secondary N) is 2. The van der Waals surface area contributed by atoms with E-state index >= 15 is 0 Å². The Hall–Kier alpha value is -3.67. The van der Waals surface area contributed by atoms with Gasteiger partial charge in [0, 0.05) is 23.9 Å². The van der Waals surface area contributed by atoms with Crippen LogP contribution in [0.5, 0.6) is 5.88 Å². The number of hydrogen-bond donors (Lipinski definition) is 2. The zero-order chi connectivity index (χ0) is 29.7. The highest BCUT2D eigenvalue weighted by Crippen LogP contribution is 2.45. The summed E-state index contributed by atoms with van der Waals surface area (Å²) in [5, 5.41) is 3.91. The number of sulfonamides is 1. The molecule has 0 radical (unpaired) electrons. The second-order valence-electron chi connectivity index (χ2n) is 12.1. The number of nitrogens with zero attached hydrogens (tertiary/aromatic N) is 2. The first kappa shape index (κ1) is 28.8. The number of aryl methyl sites for hydroxylation is 1. The van der Waals surface area contributed by atoms with Crippen LogP contribution in [0.25, 0.3) is 10.8 Å². The molecule has 12 heteroatoms. The van der Waals surface area contributed by atoms with E-state index in [1.807, 2.05) is 31.2 Å². The molecule has 220 valence electrons. The van der Waals surface area contributed by atoms with Gasteiger partial charge >= 0.3 is 6.09 Å². The van der Waals surface area contributed by atoms with Gasteiger partial charge < -0.3 is 14.8 Å². The van der Waals surface area contributed by atoms with Gasteiger partial charge in [0.05, 0.1) is 11.8 Å². The summed E-state index contributed by atoms with van der Waals surface area (Å²) in [5.74, 6) is -1.47. The van der Waals surface area contributed by atoms with Crippen molar-refractivity contribution in [3.63, 3.8) is 0 Å². The van der Waals surface area contributed by atoms with Gasteiger partial charge in [0.1, 0.15) is 23.3 Å². The Kier molecular flexibility index (Phi) is 7.25. The Bertz CT molecular complexity index is 1510. The summed E-state index contributed by atoms with van der Waals surface area (Å²) in [5.41, 5.74) is -1.24. The predicted molar refractivity (Wildman–Crippen MR) is 152 cm³/mol. The number of fused-ring (bicyclic) bond motifs is 1.